The molecule has 4 aromatic rings. The molecular formula is C21H20N6O. The maximum absolute atomic E-state index is 12.6. The van der Waals surface area contributed by atoms with Gasteiger partial charge in [0.2, 0.25) is 5.82 Å². The number of hydrogen-bond donors (Lipinski definition) is 2. The van der Waals surface area contributed by atoms with Gasteiger partial charge in [-0.05, 0) is 48.7 Å². The van der Waals surface area contributed by atoms with E-state index in [4.69, 9.17) is 5.73 Å². The fourth-order valence-corrected chi connectivity index (χ4v) is 3.05. The minimum atomic E-state index is -0.190. The SMILES string of the molecule is Cc1ccccc1CCNC(=O)c1cc(N)n2nc(-c3ccccn3)nc2c1. The van der Waals surface area contributed by atoms with Crippen molar-refractivity contribution in [3.8, 4) is 11.5 Å². The molecule has 0 atom stereocenters. The summed E-state index contributed by atoms with van der Waals surface area (Å²) in [5, 5.41) is 7.32. The molecule has 0 saturated carbocycles. The van der Waals surface area contributed by atoms with Crippen LogP contribution in [0.1, 0.15) is 21.5 Å². The highest BCUT2D eigenvalue weighted by molar-refractivity contribution is 5.96. The molecular weight excluding hydrogens is 352 g/mol. The van der Waals surface area contributed by atoms with Crippen LogP contribution in [0, 0.1) is 6.92 Å². The van der Waals surface area contributed by atoms with Crippen molar-refractivity contribution in [1.82, 2.24) is 24.9 Å². The van der Waals surface area contributed by atoms with E-state index in [2.05, 4.69) is 39.4 Å². The Labute approximate surface area is 162 Å². The summed E-state index contributed by atoms with van der Waals surface area (Å²) in [5.74, 6) is 0.616. The van der Waals surface area contributed by atoms with Gasteiger partial charge in [0.1, 0.15) is 11.5 Å². The third-order valence-electron chi connectivity index (χ3n) is 4.56. The molecule has 4 rings (SSSR count). The van der Waals surface area contributed by atoms with Crippen molar-refractivity contribution >= 4 is 17.4 Å². The van der Waals surface area contributed by atoms with Crippen LogP contribution in [0.2, 0.25) is 0 Å². The van der Waals surface area contributed by atoms with Crippen molar-refractivity contribution in [3.63, 3.8) is 0 Å². The number of fused-ring (bicyclic) bond motifs is 1. The quantitative estimate of drug-likeness (QED) is 0.561. The molecule has 0 saturated heterocycles. The number of aryl methyl sites for hydroxylation is 1. The highest BCUT2D eigenvalue weighted by atomic mass is 16.1. The van der Waals surface area contributed by atoms with Gasteiger partial charge in [0.05, 0.1) is 0 Å². The number of hydrogen-bond acceptors (Lipinski definition) is 5. The molecule has 28 heavy (non-hydrogen) atoms. The summed E-state index contributed by atoms with van der Waals surface area (Å²) in [6.07, 6.45) is 2.45. The first-order chi connectivity index (χ1) is 13.6. The minimum absolute atomic E-state index is 0.190. The molecule has 1 amide bonds. The lowest BCUT2D eigenvalue weighted by Gasteiger charge is -2.08. The van der Waals surface area contributed by atoms with E-state index < -0.39 is 0 Å². The minimum Gasteiger partial charge on any atom is -0.384 e. The Hall–Kier alpha value is -3.74. The molecule has 0 bridgehead atoms. The van der Waals surface area contributed by atoms with Gasteiger partial charge in [-0.3, -0.25) is 9.78 Å². The molecule has 7 nitrogen and oxygen atoms in total. The van der Waals surface area contributed by atoms with Gasteiger partial charge in [-0.15, -0.1) is 5.10 Å². The van der Waals surface area contributed by atoms with E-state index in [1.165, 1.54) is 15.6 Å². The van der Waals surface area contributed by atoms with Gasteiger partial charge in [-0.1, -0.05) is 30.3 Å². The highest BCUT2D eigenvalue weighted by Crippen LogP contribution is 2.17. The first-order valence-corrected chi connectivity index (χ1v) is 9.02. The zero-order valence-corrected chi connectivity index (χ0v) is 15.5. The molecule has 0 aliphatic heterocycles. The van der Waals surface area contributed by atoms with Crippen LogP contribution >= 0.6 is 0 Å². The van der Waals surface area contributed by atoms with Crippen LogP contribution in [0.25, 0.3) is 17.2 Å². The summed E-state index contributed by atoms with van der Waals surface area (Å²) < 4.78 is 1.51. The van der Waals surface area contributed by atoms with Crippen LogP contribution in [0.15, 0.2) is 60.8 Å². The zero-order chi connectivity index (χ0) is 19.5. The Morgan fingerprint density at radius 2 is 1.96 bits per heavy atom. The number of nitrogens with two attached hydrogens (primary N) is 1. The standard InChI is InChI=1S/C21H20N6O/c1-14-6-2-3-7-15(14)9-11-24-21(28)16-12-18(22)27-19(13-16)25-20(26-27)17-8-4-5-10-23-17/h2-8,10,12-13H,9,11,22H2,1H3,(H,24,28). The highest BCUT2D eigenvalue weighted by Gasteiger charge is 2.13. The van der Waals surface area contributed by atoms with Crippen molar-refractivity contribution in [2.75, 3.05) is 12.3 Å². The molecule has 3 N–H and O–H groups in total. The van der Waals surface area contributed by atoms with Crippen LogP contribution in [0.4, 0.5) is 5.82 Å². The van der Waals surface area contributed by atoms with Crippen LogP contribution in [-0.4, -0.2) is 32.0 Å². The molecule has 0 radical (unpaired) electrons. The predicted molar refractivity (Wildman–Crippen MR) is 108 cm³/mol. The second kappa shape index (κ2) is 7.48. The number of nitrogens with one attached hydrogen (secondary N) is 1. The largest absolute Gasteiger partial charge is 0.384 e. The number of carbonyl (C=O) groups is 1. The van der Waals surface area contributed by atoms with E-state index in [9.17, 15) is 4.79 Å². The number of nitrogens with zero attached hydrogens (tertiary/aromatic N) is 4. The smallest absolute Gasteiger partial charge is 0.251 e. The second-order valence-corrected chi connectivity index (χ2v) is 6.52. The van der Waals surface area contributed by atoms with Crippen molar-refractivity contribution < 1.29 is 4.79 Å². The predicted octanol–water partition coefficient (Wildman–Crippen LogP) is 2.65. The average Bonchev–Trinajstić information content (AvgIpc) is 3.15. The van der Waals surface area contributed by atoms with Crippen LogP contribution < -0.4 is 11.1 Å². The Morgan fingerprint density at radius 1 is 1.14 bits per heavy atom. The summed E-state index contributed by atoms with van der Waals surface area (Å²) in [7, 11) is 0. The fraction of sp³-hybridized carbons (Fsp3) is 0.143. The van der Waals surface area contributed by atoms with E-state index in [-0.39, 0.29) is 5.91 Å². The van der Waals surface area contributed by atoms with E-state index in [1.807, 2.05) is 30.3 Å². The van der Waals surface area contributed by atoms with Crippen LogP contribution in [0.3, 0.4) is 0 Å². The van der Waals surface area contributed by atoms with Crippen LogP contribution in [0.5, 0.6) is 0 Å². The van der Waals surface area contributed by atoms with Gasteiger partial charge in [0, 0.05) is 18.3 Å². The molecule has 7 heteroatoms. The number of carbonyl (C=O) groups excluding carboxylic acids is 1. The van der Waals surface area contributed by atoms with Gasteiger partial charge in [0.15, 0.2) is 5.65 Å². The van der Waals surface area contributed by atoms with Gasteiger partial charge in [0.25, 0.3) is 5.91 Å². The van der Waals surface area contributed by atoms with Gasteiger partial charge >= 0.3 is 0 Å². The Kier molecular flexibility index (Phi) is 4.72. The van der Waals surface area contributed by atoms with E-state index in [1.54, 1.807) is 18.3 Å². The van der Waals surface area contributed by atoms with E-state index >= 15 is 0 Å². The molecule has 0 fully saturated rings. The molecule has 3 heterocycles. The normalized spacial score (nSPS) is 10.9. The van der Waals surface area contributed by atoms with Crippen molar-refractivity contribution in [3.05, 3.63) is 77.5 Å². The molecule has 1 aromatic carbocycles. The Morgan fingerprint density at radius 3 is 2.75 bits per heavy atom. The Balaban J connectivity index is 1.52. The van der Waals surface area contributed by atoms with Crippen LogP contribution in [-0.2, 0) is 6.42 Å². The number of rotatable bonds is 5. The van der Waals surface area contributed by atoms with Gasteiger partial charge in [-0.2, -0.15) is 4.52 Å². The molecule has 0 aliphatic rings. The number of aromatic nitrogens is 4. The topological polar surface area (TPSA) is 98.2 Å². The average molecular weight is 372 g/mol. The number of anilines is 1. The fourth-order valence-electron chi connectivity index (χ4n) is 3.05. The lowest BCUT2D eigenvalue weighted by molar-refractivity contribution is 0.0954. The van der Waals surface area contributed by atoms with Crippen molar-refractivity contribution in [2.45, 2.75) is 13.3 Å². The number of benzene rings is 1. The zero-order valence-electron chi connectivity index (χ0n) is 15.5. The lowest BCUT2D eigenvalue weighted by Crippen LogP contribution is -2.26. The maximum Gasteiger partial charge on any atom is 0.251 e. The van der Waals surface area contributed by atoms with E-state index in [0.29, 0.717) is 35.1 Å². The summed E-state index contributed by atoms with van der Waals surface area (Å²) in [6, 6.07) is 16.9. The molecule has 0 aliphatic carbocycles. The lowest BCUT2D eigenvalue weighted by atomic mass is 10.1. The molecule has 3 aromatic heterocycles. The summed E-state index contributed by atoms with van der Waals surface area (Å²) in [4.78, 5) is 21.3. The molecule has 0 spiro atoms. The van der Waals surface area contributed by atoms with Gasteiger partial charge < -0.3 is 11.1 Å². The number of amides is 1. The molecule has 0 unspecified atom stereocenters. The van der Waals surface area contributed by atoms with Gasteiger partial charge in [-0.25, -0.2) is 4.98 Å². The molecule has 140 valence electrons. The number of nitrogen functional groups attached to an aromatic ring is 1. The summed E-state index contributed by atoms with van der Waals surface area (Å²) >= 11 is 0. The van der Waals surface area contributed by atoms with Crippen molar-refractivity contribution in [1.29, 1.82) is 0 Å². The monoisotopic (exact) mass is 372 g/mol. The van der Waals surface area contributed by atoms with E-state index in [0.717, 1.165) is 6.42 Å². The second-order valence-electron chi connectivity index (χ2n) is 6.52. The van der Waals surface area contributed by atoms with Crippen molar-refractivity contribution in [2.24, 2.45) is 0 Å². The Bertz CT molecular complexity index is 1140. The summed E-state index contributed by atoms with van der Waals surface area (Å²) in [6.45, 7) is 2.61. The first kappa shape index (κ1) is 17.7. The number of pyridine rings is 2. The third-order valence-corrected chi connectivity index (χ3v) is 4.56. The summed E-state index contributed by atoms with van der Waals surface area (Å²) in [5.41, 5.74) is 10.1. The maximum atomic E-state index is 12.6. The first-order valence-electron chi connectivity index (χ1n) is 9.02. The third kappa shape index (κ3) is 3.55.